The van der Waals surface area contributed by atoms with Crippen molar-refractivity contribution in [2.24, 2.45) is 5.92 Å². The zero-order valence-electron chi connectivity index (χ0n) is 12.0. The predicted octanol–water partition coefficient (Wildman–Crippen LogP) is 3.59. The third kappa shape index (κ3) is 2.84. The fraction of sp³-hybridized carbons (Fsp3) is 0.500. The van der Waals surface area contributed by atoms with Crippen molar-refractivity contribution in [1.29, 1.82) is 0 Å². The van der Waals surface area contributed by atoms with Crippen LogP contribution >= 0.6 is 0 Å². The van der Waals surface area contributed by atoms with Crippen molar-refractivity contribution in [2.75, 3.05) is 11.1 Å². The first-order valence-electron chi connectivity index (χ1n) is 7.49. The number of nitrogen functional groups attached to an aromatic ring is 1. The lowest BCUT2D eigenvalue weighted by Crippen LogP contribution is -2.19. The van der Waals surface area contributed by atoms with E-state index in [0.29, 0.717) is 6.04 Å². The molecule has 1 aromatic heterocycles. The van der Waals surface area contributed by atoms with E-state index in [2.05, 4.69) is 22.2 Å². The van der Waals surface area contributed by atoms with Gasteiger partial charge in [-0.15, -0.1) is 0 Å². The maximum absolute atomic E-state index is 5.89. The van der Waals surface area contributed by atoms with Crippen LogP contribution in [0.4, 0.5) is 11.5 Å². The van der Waals surface area contributed by atoms with Gasteiger partial charge in [-0.1, -0.05) is 19.8 Å². The number of nitrogens with two attached hydrogens (primary N) is 1. The van der Waals surface area contributed by atoms with Gasteiger partial charge in [0.2, 0.25) is 0 Å². The molecule has 0 bridgehead atoms. The van der Waals surface area contributed by atoms with E-state index in [1.54, 1.807) is 6.33 Å². The molecule has 0 amide bonds. The second-order valence-corrected chi connectivity index (χ2v) is 5.95. The van der Waals surface area contributed by atoms with Gasteiger partial charge in [0.25, 0.3) is 0 Å². The van der Waals surface area contributed by atoms with Gasteiger partial charge in [0, 0.05) is 17.1 Å². The number of nitrogens with one attached hydrogen (secondary N) is 1. The Bertz CT molecular complexity index is 596. The molecule has 1 aliphatic carbocycles. The summed E-state index contributed by atoms with van der Waals surface area (Å²) in [5, 5.41) is 4.62. The number of anilines is 2. The number of hydrogen-bond acceptors (Lipinski definition) is 4. The molecular formula is C16H22N4. The third-order valence-electron chi connectivity index (χ3n) is 4.26. The van der Waals surface area contributed by atoms with Crippen LogP contribution in [0.1, 0.15) is 39.0 Å². The highest BCUT2D eigenvalue weighted by atomic mass is 15.0. The molecule has 0 aliphatic heterocycles. The summed E-state index contributed by atoms with van der Waals surface area (Å²) in [5.74, 6) is 1.77. The second kappa shape index (κ2) is 5.65. The molecule has 1 saturated carbocycles. The average molecular weight is 270 g/mol. The SMILES string of the molecule is CC1CCCC(Nc2ncnc3ccc(N)cc23)CC1. The molecule has 20 heavy (non-hydrogen) atoms. The molecule has 3 rings (SSSR count). The fourth-order valence-corrected chi connectivity index (χ4v) is 3.01. The summed E-state index contributed by atoms with van der Waals surface area (Å²) in [6.45, 7) is 2.35. The van der Waals surface area contributed by atoms with Gasteiger partial charge in [-0.05, 0) is 43.4 Å². The molecule has 2 unspecified atom stereocenters. The summed E-state index contributed by atoms with van der Waals surface area (Å²) in [7, 11) is 0. The van der Waals surface area contributed by atoms with Crippen LogP contribution in [0.15, 0.2) is 24.5 Å². The van der Waals surface area contributed by atoms with Crippen molar-refractivity contribution in [2.45, 2.75) is 45.1 Å². The number of benzene rings is 1. The van der Waals surface area contributed by atoms with Gasteiger partial charge in [-0.3, -0.25) is 0 Å². The van der Waals surface area contributed by atoms with Crippen molar-refractivity contribution in [3.8, 4) is 0 Å². The first kappa shape index (κ1) is 13.2. The quantitative estimate of drug-likeness (QED) is 0.646. The van der Waals surface area contributed by atoms with Gasteiger partial charge in [-0.25, -0.2) is 9.97 Å². The van der Waals surface area contributed by atoms with Gasteiger partial charge in [0.1, 0.15) is 12.1 Å². The van der Waals surface area contributed by atoms with Crippen molar-refractivity contribution in [1.82, 2.24) is 9.97 Å². The van der Waals surface area contributed by atoms with Crippen molar-refractivity contribution < 1.29 is 0 Å². The van der Waals surface area contributed by atoms with E-state index < -0.39 is 0 Å². The molecule has 1 heterocycles. The number of hydrogen-bond donors (Lipinski definition) is 2. The van der Waals surface area contributed by atoms with Crippen LogP contribution in [0.3, 0.4) is 0 Å². The molecule has 1 fully saturated rings. The molecule has 2 aromatic rings. The van der Waals surface area contributed by atoms with Crippen LogP contribution in [0.2, 0.25) is 0 Å². The normalized spacial score (nSPS) is 23.4. The lowest BCUT2D eigenvalue weighted by molar-refractivity contribution is 0.502. The Kier molecular flexibility index (Phi) is 3.72. The lowest BCUT2D eigenvalue weighted by atomic mass is 10.0. The van der Waals surface area contributed by atoms with Gasteiger partial charge < -0.3 is 11.1 Å². The average Bonchev–Trinajstić information content (AvgIpc) is 2.64. The van der Waals surface area contributed by atoms with E-state index in [1.807, 2.05) is 18.2 Å². The predicted molar refractivity (Wildman–Crippen MR) is 83.6 cm³/mol. The molecule has 1 aromatic carbocycles. The third-order valence-corrected chi connectivity index (χ3v) is 4.26. The monoisotopic (exact) mass is 270 g/mol. The van der Waals surface area contributed by atoms with E-state index in [4.69, 9.17) is 5.73 Å². The molecule has 4 heteroatoms. The molecule has 3 N–H and O–H groups in total. The van der Waals surface area contributed by atoms with Crippen molar-refractivity contribution in [3.63, 3.8) is 0 Å². The van der Waals surface area contributed by atoms with Gasteiger partial charge in [0.05, 0.1) is 5.52 Å². The van der Waals surface area contributed by atoms with Crippen LogP contribution in [-0.2, 0) is 0 Å². The highest BCUT2D eigenvalue weighted by Crippen LogP contribution is 2.27. The summed E-state index contributed by atoms with van der Waals surface area (Å²) in [4.78, 5) is 8.71. The smallest absolute Gasteiger partial charge is 0.137 e. The van der Waals surface area contributed by atoms with Crippen LogP contribution in [0.5, 0.6) is 0 Å². The Labute approximate surface area is 119 Å². The molecule has 4 nitrogen and oxygen atoms in total. The molecule has 2 atom stereocenters. The maximum atomic E-state index is 5.89. The maximum Gasteiger partial charge on any atom is 0.137 e. The molecule has 0 saturated heterocycles. The summed E-state index contributed by atoms with van der Waals surface area (Å²) in [6.07, 6.45) is 8.00. The van der Waals surface area contributed by atoms with E-state index in [-0.39, 0.29) is 0 Å². The zero-order valence-corrected chi connectivity index (χ0v) is 12.0. The van der Waals surface area contributed by atoms with E-state index in [9.17, 15) is 0 Å². The lowest BCUT2D eigenvalue weighted by Gasteiger charge is -2.18. The highest BCUT2D eigenvalue weighted by molar-refractivity contribution is 5.91. The first-order chi connectivity index (χ1) is 9.72. The van der Waals surface area contributed by atoms with Crippen LogP contribution < -0.4 is 11.1 Å². The van der Waals surface area contributed by atoms with Crippen LogP contribution in [0, 0.1) is 5.92 Å². The zero-order chi connectivity index (χ0) is 13.9. The molecule has 106 valence electrons. The number of rotatable bonds is 2. The van der Waals surface area contributed by atoms with Gasteiger partial charge in [-0.2, -0.15) is 0 Å². The first-order valence-corrected chi connectivity index (χ1v) is 7.49. The standard InChI is InChI=1S/C16H22N4/c1-11-3-2-4-13(7-5-11)20-16-14-9-12(17)6-8-15(14)18-10-19-16/h6,8-11,13H,2-5,7,17H2,1H3,(H,18,19,20). The van der Waals surface area contributed by atoms with Gasteiger partial charge >= 0.3 is 0 Å². The second-order valence-electron chi connectivity index (χ2n) is 5.95. The minimum absolute atomic E-state index is 0.513. The summed E-state index contributed by atoms with van der Waals surface area (Å²) < 4.78 is 0. The number of fused-ring (bicyclic) bond motifs is 1. The van der Waals surface area contributed by atoms with Crippen LogP contribution in [-0.4, -0.2) is 16.0 Å². The molecule has 0 radical (unpaired) electrons. The molecule has 1 aliphatic rings. The molecular weight excluding hydrogens is 248 g/mol. The van der Waals surface area contributed by atoms with Crippen LogP contribution in [0.25, 0.3) is 10.9 Å². The number of nitrogens with zero attached hydrogens (tertiary/aromatic N) is 2. The van der Waals surface area contributed by atoms with E-state index in [0.717, 1.165) is 28.3 Å². The Morgan fingerprint density at radius 1 is 1.15 bits per heavy atom. The minimum atomic E-state index is 0.513. The topological polar surface area (TPSA) is 63.8 Å². The Hall–Kier alpha value is -1.84. The van der Waals surface area contributed by atoms with E-state index >= 15 is 0 Å². The highest BCUT2D eigenvalue weighted by Gasteiger charge is 2.17. The minimum Gasteiger partial charge on any atom is -0.399 e. The van der Waals surface area contributed by atoms with Crippen molar-refractivity contribution >= 4 is 22.4 Å². The van der Waals surface area contributed by atoms with E-state index in [1.165, 1.54) is 32.1 Å². The fourth-order valence-electron chi connectivity index (χ4n) is 3.01. The summed E-state index contributed by atoms with van der Waals surface area (Å²) in [5.41, 5.74) is 7.58. The molecule has 0 spiro atoms. The largest absolute Gasteiger partial charge is 0.399 e. The Morgan fingerprint density at radius 2 is 2.05 bits per heavy atom. The van der Waals surface area contributed by atoms with Gasteiger partial charge in [0.15, 0.2) is 0 Å². The Morgan fingerprint density at radius 3 is 2.95 bits per heavy atom. The summed E-state index contributed by atoms with van der Waals surface area (Å²) >= 11 is 0. The summed E-state index contributed by atoms with van der Waals surface area (Å²) in [6, 6.07) is 6.30. The van der Waals surface area contributed by atoms with Crippen molar-refractivity contribution in [3.05, 3.63) is 24.5 Å². The number of aromatic nitrogens is 2. The Balaban J connectivity index is 1.85.